The van der Waals surface area contributed by atoms with Crippen LogP contribution in [0.25, 0.3) is 0 Å². The number of carbonyl (C=O) groups is 1. The molecule has 1 aromatic rings. The Labute approximate surface area is 151 Å². The first-order valence-electron chi connectivity index (χ1n) is 8.65. The molecule has 2 atom stereocenters. The van der Waals surface area contributed by atoms with Crippen LogP contribution in [0, 0.1) is 17.1 Å². The van der Waals surface area contributed by atoms with Crippen LogP contribution in [-0.4, -0.2) is 41.1 Å². The first-order chi connectivity index (χ1) is 12.1. The van der Waals surface area contributed by atoms with Gasteiger partial charge in [0.1, 0.15) is 11.2 Å². The number of halogens is 2. The van der Waals surface area contributed by atoms with Crippen molar-refractivity contribution < 1.29 is 9.18 Å². The highest BCUT2D eigenvalue weighted by atomic mass is 35.5. The van der Waals surface area contributed by atoms with Gasteiger partial charge in [-0.05, 0) is 44.6 Å². The quantitative estimate of drug-likeness (QED) is 0.805. The van der Waals surface area contributed by atoms with E-state index < -0.39 is 5.82 Å². The lowest BCUT2D eigenvalue weighted by Crippen LogP contribution is -2.47. The highest BCUT2D eigenvalue weighted by Crippen LogP contribution is 2.25. The Morgan fingerprint density at radius 3 is 2.76 bits per heavy atom. The number of amides is 2. The van der Waals surface area contributed by atoms with E-state index in [0.29, 0.717) is 6.42 Å². The second-order valence-corrected chi connectivity index (χ2v) is 6.98. The van der Waals surface area contributed by atoms with Gasteiger partial charge >= 0.3 is 6.03 Å². The number of nitrogens with zero attached hydrogens (tertiary/aromatic N) is 3. The van der Waals surface area contributed by atoms with Crippen LogP contribution in [0.5, 0.6) is 0 Å². The number of nitrogens with one attached hydrogen (secondary N) is 2. The molecule has 1 saturated heterocycles. The first-order valence-corrected chi connectivity index (χ1v) is 9.02. The molecule has 0 aromatic carbocycles. The van der Waals surface area contributed by atoms with Gasteiger partial charge in [0, 0.05) is 25.2 Å². The van der Waals surface area contributed by atoms with Crippen molar-refractivity contribution in [2.24, 2.45) is 0 Å². The monoisotopic (exact) mass is 365 g/mol. The number of carbonyl (C=O) groups excluding carboxylic acids is 1. The van der Waals surface area contributed by atoms with Crippen molar-refractivity contribution in [1.82, 2.24) is 15.2 Å². The van der Waals surface area contributed by atoms with Crippen LogP contribution in [0.4, 0.5) is 15.0 Å². The third kappa shape index (κ3) is 4.31. The van der Waals surface area contributed by atoms with Gasteiger partial charge in [-0.1, -0.05) is 11.6 Å². The summed E-state index contributed by atoms with van der Waals surface area (Å²) in [5, 5.41) is 15.0. The number of rotatable bonds is 3. The van der Waals surface area contributed by atoms with E-state index in [1.165, 1.54) is 0 Å². The molecule has 25 heavy (non-hydrogen) atoms. The maximum absolute atomic E-state index is 14.1. The topological polar surface area (TPSA) is 81.0 Å². The Balaban J connectivity index is 1.59. The lowest BCUT2D eigenvalue weighted by molar-refractivity contribution is 0.199. The minimum atomic E-state index is -0.593. The van der Waals surface area contributed by atoms with Crippen LogP contribution in [0.2, 0.25) is 5.15 Å². The average molecular weight is 366 g/mol. The molecule has 2 fully saturated rings. The third-order valence-corrected chi connectivity index (χ3v) is 5.07. The van der Waals surface area contributed by atoms with Gasteiger partial charge in [0.25, 0.3) is 0 Å². The Hall–Kier alpha value is -2.07. The fourth-order valence-electron chi connectivity index (χ4n) is 3.48. The van der Waals surface area contributed by atoms with Crippen molar-refractivity contribution in [1.29, 1.82) is 5.26 Å². The number of urea groups is 1. The summed E-state index contributed by atoms with van der Waals surface area (Å²) in [6.45, 7) is 1.64. The maximum Gasteiger partial charge on any atom is 0.317 e. The molecule has 0 radical (unpaired) electrons. The third-order valence-electron chi connectivity index (χ3n) is 4.79. The number of pyridine rings is 1. The summed E-state index contributed by atoms with van der Waals surface area (Å²) in [7, 11) is 0. The molecule has 2 N–H and O–H groups in total. The van der Waals surface area contributed by atoms with E-state index in [0.717, 1.165) is 51.3 Å². The molecule has 1 aliphatic heterocycles. The Kier molecular flexibility index (Phi) is 5.59. The predicted octanol–water partition coefficient (Wildman–Crippen LogP) is 3.27. The second-order valence-electron chi connectivity index (χ2n) is 6.62. The predicted molar refractivity (Wildman–Crippen MR) is 92.9 cm³/mol. The van der Waals surface area contributed by atoms with Crippen molar-refractivity contribution in [3.63, 3.8) is 0 Å². The van der Waals surface area contributed by atoms with Crippen molar-refractivity contribution in [3.8, 4) is 6.07 Å². The molecule has 1 aromatic heterocycles. The molecular weight excluding hydrogens is 345 g/mol. The van der Waals surface area contributed by atoms with Gasteiger partial charge in [-0.25, -0.2) is 14.2 Å². The highest BCUT2D eigenvalue weighted by molar-refractivity contribution is 6.30. The minimum absolute atomic E-state index is 0.00336. The van der Waals surface area contributed by atoms with Crippen LogP contribution in [-0.2, 0) is 0 Å². The molecule has 1 aliphatic carbocycles. The summed E-state index contributed by atoms with van der Waals surface area (Å²) in [6.07, 6.45) is 5.56. The summed E-state index contributed by atoms with van der Waals surface area (Å²) in [5.74, 6) is -0.537. The number of aromatic nitrogens is 1. The standard InChI is InChI=1S/C17H21ClFN5O/c18-15-11(10-20)8-14(19)16(23-15)21-12-4-3-5-13(9-12)22-17(25)24-6-1-2-7-24/h8,12-13H,1-7,9H2,(H,21,23)(H,22,25)/t12-,13+/m0/s1. The molecule has 2 aliphatic rings. The summed E-state index contributed by atoms with van der Waals surface area (Å²) in [5.41, 5.74) is 0.0177. The van der Waals surface area contributed by atoms with E-state index in [9.17, 15) is 9.18 Å². The van der Waals surface area contributed by atoms with Crippen LogP contribution in [0.3, 0.4) is 0 Å². The van der Waals surface area contributed by atoms with Crippen molar-refractivity contribution in [2.75, 3.05) is 18.4 Å². The molecule has 3 rings (SSSR count). The summed E-state index contributed by atoms with van der Waals surface area (Å²) in [4.78, 5) is 18.0. The second kappa shape index (κ2) is 7.87. The van der Waals surface area contributed by atoms with Crippen molar-refractivity contribution >= 4 is 23.4 Å². The van der Waals surface area contributed by atoms with Gasteiger partial charge in [0.15, 0.2) is 11.6 Å². The molecule has 0 bridgehead atoms. The Morgan fingerprint density at radius 2 is 2.04 bits per heavy atom. The molecule has 2 amide bonds. The molecule has 6 nitrogen and oxygen atoms in total. The zero-order chi connectivity index (χ0) is 17.8. The van der Waals surface area contributed by atoms with E-state index in [2.05, 4.69) is 15.6 Å². The number of hydrogen-bond donors (Lipinski definition) is 2. The molecule has 0 unspecified atom stereocenters. The summed E-state index contributed by atoms with van der Waals surface area (Å²) in [6, 6.07) is 2.96. The van der Waals surface area contributed by atoms with E-state index >= 15 is 0 Å². The number of likely N-dealkylation sites (tertiary alicyclic amines) is 1. The van der Waals surface area contributed by atoms with Gasteiger partial charge in [0.05, 0.1) is 5.56 Å². The minimum Gasteiger partial charge on any atom is -0.365 e. The van der Waals surface area contributed by atoms with Crippen molar-refractivity contribution in [3.05, 3.63) is 22.6 Å². The van der Waals surface area contributed by atoms with E-state index in [1.54, 1.807) is 0 Å². The zero-order valence-corrected chi connectivity index (χ0v) is 14.7. The van der Waals surface area contributed by atoms with E-state index in [1.807, 2.05) is 11.0 Å². The van der Waals surface area contributed by atoms with Gasteiger partial charge in [-0.15, -0.1) is 0 Å². The lowest BCUT2D eigenvalue weighted by Gasteiger charge is -2.32. The van der Waals surface area contributed by atoms with E-state index in [4.69, 9.17) is 16.9 Å². The van der Waals surface area contributed by atoms with Crippen LogP contribution >= 0.6 is 11.6 Å². The number of anilines is 1. The summed E-state index contributed by atoms with van der Waals surface area (Å²) < 4.78 is 14.1. The highest BCUT2D eigenvalue weighted by Gasteiger charge is 2.27. The SMILES string of the molecule is N#Cc1cc(F)c(N[C@H]2CCC[C@@H](NC(=O)N3CCCC3)C2)nc1Cl. The fourth-order valence-corrected chi connectivity index (χ4v) is 3.66. The normalized spacial score (nSPS) is 23.2. The molecule has 8 heteroatoms. The Bertz CT molecular complexity index is 686. The van der Waals surface area contributed by atoms with Gasteiger partial charge in [-0.3, -0.25) is 0 Å². The first kappa shape index (κ1) is 17.7. The van der Waals surface area contributed by atoms with Gasteiger partial charge in [0.2, 0.25) is 0 Å². The smallest absolute Gasteiger partial charge is 0.317 e. The molecule has 1 saturated carbocycles. The number of nitriles is 1. The maximum atomic E-state index is 14.1. The number of hydrogen-bond acceptors (Lipinski definition) is 4. The lowest BCUT2D eigenvalue weighted by atomic mass is 9.91. The van der Waals surface area contributed by atoms with E-state index in [-0.39, 0.29) is 34.6 Å². The Morgan fingerprint density at radius 1 is 1.32 bits per heavy atom. The average Bonchev–Trinajstić information content (AvgIpc) is 3.13. The largest absolute Gasteiger partial charge is 0.365 e. The van der Waals surface area contributed by atoms with Gasteiger partial charge < -0.3 is 15.5 Å². The van der Waals surface area contributed by atoms with Crippen molar-refractivity contribution in [2.45, 2.75) is 50.6 Å². The molecule has 2 heterocycles. The van der Waals surface area contributed by atoms with Gasteiger partial charge in [-0.2, -0.15) is 5.26 Å². The fraction of sp³-hybridized carbons (Fsp3) is 0.588. The molecular formula is C17H21ClFN5O. The summed E-state index contributed by atoms with van der Waals surface area (Å²) >= 11 is 5.89. The molecule has 0 spiro atoms. The molecule has 134 valence electrons. The van der Waals surface area contributed by atoms with Crippen LogP contribution in [0.1, 0.15) is 44.1 Å². The zero-order valence-electron chi connectivity index (χ0n) is 13.9. The van der Waals surface area contributed by atoms with Crippen LogP contribution in [0.15, 0.2) is 6.07 Å². The van der Waals surface area contributed by atoms with Crippen LogP contribution < -0.4 is 10.6 Å².